The molecule has 7 heteroatoms. The summed E-state index contributed by atoms with van der Waals surface area (Å²) >= 11 is 0. The first-order valence-electron chi connectivity index (χ1n) is 6.20. The number of methoxy groups -OCH3 is 1. The van der Waals surface area contributed by atoms with Gasteiger partial charge >= 0.3 is 6.36 Å². The van der Waals surface area contributed by atoms with Crippen molar-refractivity contribution in [2.45, 2.75) is 6.36 Å². The molecule has 1 aromatic heterocycles. The maximum Gasteiger partial charge on any atom is 0.573 e. The maximum absolute atomic E-state index is 13.4. The molecule has 0 aliphatic carbocycles. The average Bonchev–Trinajstić information content (AvgIpc) is 2.44. The number of ether oxygens (including phenoxy) is 2. The van der Waals surface area contributed by atoms with Crippen LogP contribution in [0.3, 0.4) is 0 Å². The maximum atomic E-state index is 13.4. The molecular formula is C15H9F4NO2. The lowest BCUT2D eigenvalue weighted by Gasteiger charge is -2.11. The average molecular weight is 311 g/mol. The van der Waals surface area contributed by atoms with E-state index in [9.17, 15) is 17.6 Å². The van der Waals surface area contributed by atoms with Crippen LogP contribution in [0.4, 0.5) is 17.6 Å². The molecule has 3 aromatic rings. The third kappa shape index (κ3) is 2.61. The van der Waals surface area contributed by atoms with Crippen molar-refractivity contribution in [1.29, 1.82) is 0 Å². The van der Waals surface area contributed by atoms with Crippen molar-refractivity contribution >= 4 is 21.7 Å². The molecular weight excluding hydrogens is 302 g/mol. The van der Waals surface area contributed by atoms with Gasteiger partial charge in [0.25, 0.3) is 0 Å². The Morgan fingerprint density at radius 2 is 1.68 bits per heavy atom. The summed E-state index contributed by atoms with van der Waals surface area (Å²) in [4.78, 5) is 4.12. The molecule has 0 fully saturated rings. The molecule has 0 unspecified atom stereocenters. The summed E-state index contributed by atoms with van der Waals surface area (Å²) in [5.41, 5.74) is 0.262. The summed E-state index contributed by atoms with van der Waals surface area (Å²) in [6, 6.07) is 7.85. The summed E-state index contributed by atoms with van der Waals surface area (Å²) < 4.78 is 59.2. The van der Waals surface area contributed by atoms with Crippen molar-refractivity contribution in [2.24, 2.45) is 0 Å². The second-order valence-corrected chi connectivity index (χ2v) is 4.54. The van der Waals surface area contributed by atoms with E-state index >= 15 is 0 Å². The lowest BCUT2D eigenvalue weighted by atomic mass is 10.1. The van der Waals surface area contributed by atoms with Gasteiger partial charge in [-0.15, -0.1) is 13.2 Å². The van der Waals surface area contributed by atoms with Gasteiger partial charge in [0, 0.05) is 16.8 Å². The van der Waals surface area contributed by atoms with E-state index in [0.29, 0.717) is 16.2 Å². The molecule has 0 atom stereocenters. The second kappa shape index (κ2) is 5.01. The second-order valence-electron chi connectivity index (χ2n) is 4.54. The largest absolute Gasteiger partial charge is 0.573 e. The summed E-state index contributed by atoms with van der Waals surface area (Å²) in [6.07, 6.45) is -4.78. The van der Waals surface area contributed by atoms with Crippen LogP contribution in [0.25, 0.3) is 21.7 Å². The topological polar surface area (TPSA) is 31.4 Å². The number of pyridine rings is 1. The van der Waals surface area contributed by atoms with Gasteiger partial charge in [-0.25, -0.2) is 9.37 Å². The molecule has 22 heavy (non-hydrogen) atoms. The molecule has 0 amide bonds. The minimum absolute atomic E-state index is 0.131. The molecule has 3 nitrogen and oxygen atoms in total. The van der Waals surface area contributed by atoms with Gasteiger partial charge < -0.3 is 9.47 Å². The Morgan fingerprint density at radius 3 is 2.36 bits per heavy atom. The number of halogens is 4. The lowest BCUT2D eigenvalue weighted by Crippen LogP contribution is -2.17. The van der Waals surface area contributed by atoms with E-state index in [2.05, 4.69) is 9.72 Å². The quantitative estimate of drug-likeness (QED) is 0.518. The summed E-state index contributed by atoms with van der Waals surface area (Å²) in [7, 11) is 1.36. The van der Waals surface area contributed by atoms with Gasteiger partial charge in [-0.1, -0.05) is 6.07 Å². The first-order valence-corrected chi connectivity index (χ1v) is 6.20. The van der Waals surface area contributed by atoms with Crippen LogP contribution in [0.5, 0.6) is 11.6 Å². The molecule has 0 saturated heterocycles. The molecule has 0 bridgehead atoms. The van der Waals surface area contributed by atoms with Crippen molar-refractivity contribution in [3.63, 3.8) is 0 Å². The highest BCUT2D eigenvalue weighted by atomic mass is 19.4. The van der Waals surface area contributed by atoms with Crippen LogP contribution < -0.4 is 9.47 Å². The molecule has 114 valence electrons. The van der Waals surface area contributed by atoms with Crippen LogP contribution in [0.1, 0.15) is 0 Å². The molecule has 2 aromatic carbocycles. The van der Waals surface area contributed by atoms with Crippen molar-refractivity contribution in [1.82, 2.24) is 4.98 Å². The molecule has 0 aliphatic rings. The van der Waals surface area contributed by atoms with E-state index in [4.69, 9.17) is 4.74 Å². The Bertz CT molecular complexity index is 861. The van der Waals surface area contributed by atoms with Crippen molar-refractivity contribution in [3.05, 3.63) is 42.2 Å². The van der Waals surface area contributed by atoms with Gasteiger partial charge in [0.15, 0.2) is 0 Å². The molecule has 0 aliphatic heterocycles. The van der Waals surface area contributed by atoms with Crippen LogP contribution in [0.15, 0.2) is 36.4 Å². The monoisotopic (exact) mass is 311 g/mol. The first kappa shape index (κ1) is 14.4. The molecule has 0 radical (unpaired) electrons. The van der Waals surface area contributed by atoms with Gasteiger partial charge in [-0.2, -0.15) is 0 Å². The standard InChI is InChI=1S/C15H9F4NO2/c1-21-14-12-6-8(16)2-4-10(12)11-5-3-9(7-13(11)20-14)22-15(17,18)19/h2-7H,1H3. The third-order valence-electron chi connectivity index (χ3n) is 3.12. The Morgan fingerprint density at radius 1 is 0.955 bits per heavy atom. The number of fused-ring (bicyclic) bond motifs is 3. The van der Waals surface area contributed by atoms with E-state index in [-0.39, 0.29) is 17.1 Å². The van der Waals surface area contributed by atoms with Crippen LogP contribution in [0, 0.1) is 5.82 Å². The molecule has 0 saturated carbocycles. The number of nitrogens with zero attached hydrogens (tertiary/aromatic N) is 1. The number of hydrogen-bond acceptors (Lipinski definition) is 3. The van der Waals surface area contributed by atoms with Gasteiger partial charge in [-0.05, 0) is 29.7 Å². The smallest absolute Gasteiger partial charge is 0.481 e. The zero-order valence-electron chi connectivity index (χ0n) is 11.2. The van der Waals surface area contributed by atoms with Crippen LogP contribution >= 0.6 is 0 Å². The highest BCUT2D eigenvalue weighted by Gasteiger charge is 2.31. The number of rotatable bonds is 2. The molecule has 0 N–H and O–H groups in total. The summed E-state index contributed by atoms with van der Waals surface area (Å²) in [5, 5.41) is 1.65. The van der Waals surface area contributed by atoms with Gasteiger partial charge in [0.2, 0.25) is 5.88 Å². The van der Waals surface area contributed by atoms with E-state index in [1.807, 2.05) is 0 Å². The van der Waals surface area contributed by atoms with Gasteiger partial charge in [-0.3, -0.25) is 0 Å². The fourth-order valence-electron chi connectivity index (χ4n) is 2.28. The normalized spacial score (nSPS) is 11.9. The highest BCUT2D eigenvalue weighted by molar-refractivity contribution is 6.08. The van der Waals surface area contributed by atoms with Crippen LogP contribution in [-0.4, -0.2) is 18.5 Å². The fourth-order valence-corrected chi connectivity index (χ4v) is 2.28. The predicted octanol–water partition coefficient (Wildman–Crippen LogP) is 4.43. The van der Waals surface area contributed by atoms with E-state index in [1.165, 1.54) is 37.4 Å². The van der Waals surface area contributed by atoms with E-state index in [1.54, 1.807) is 0 Å². The van der Waals surface area contributed by atoms with Gasteiger partial charge in [0.05, 0.1) is 12.6 Å². The molecule has 3 rings (SSSR count). The third-order valence-corrected chi connectivity index (χ3v) is 3.12. The molecule has 1 heterocycles. The minimum Gasteiger partial charge on any atom is -0.481 e. The minimum atomic E-state index is -4.78. The molecule has 0 spiro atoms. The number of aromatic nitrogens is 1. The summed E-state index contributed by atoms with van der Waals surface area (Å²) in [6.45, 7) is 0. The Balaban J connectivity index is 2.26. The fraction of sp³-hybridized carbons (Fsp3) is 0.133. The number of alkyl halides is 3. The van der Waals surface area contributed by atoms with E-state index < -0.39 is 12.2 Å². The highest BCUT2D eigenvalue weighted by Crippen LogP contribution is 2.34. The zero-order valence-corrected chi connectivity index (χ0v) is 11.2. The van der Waals surface area contributed by atoms with Gasteiger partial charge in [0.1, 0.15) is 11.6 Å². The first-order chi connectivity index (χ1) is 10.4. The predicted molar refractivity (Wildman–Crippen MR) is 72.4 cm³/mol. The lowest BCUT2D eigenvalue weighted by molar-refractivity contribution is -0.274. The van der Waals surface area contributed by atoms with Crippen molar-refractivity contribution in [3.8, 4) is 11.6 Å². The Hall–Kier alpha value is -2.57. The van der Waals surface area contributed by atoms with Crippen molar-refractivity contribution in [2.75, 3.05) is 7.11 Å². The van der Waals surface area contributed by atoms with Crippen molar-refractivity contribution < 1.29 is 27.0 Å². The van der Waals surface area contributed by atoms with E-state index in [0.717, 1.165) is 6.07 Å². The summed E-state index contributed by atoms with van der Waals surface area (Å²) in [5.74, 6) is -0.703. The van der Waals surface area contributed by atoms with Crippen LogP contribution in [-0.2, 0) is 0 Å². The Labute approximate surface area is 122 Å². The Kier molecular flexibility index (Phi) is 3.27. The SMILES string of the molecule is COc1nc2cc(OC(F)(F)F)ccc2c2ccc(F)cc12. The zero-order chi connectivity index (χ0) is 15.9. The number of hydrogen-bond donors (Lipinski definition) is 0. The van der Waals surface area contributed by atoms with Crippen LogP contribution in [0.2, 0.25) is 0 Å². The number of benzene rings is 2.